The smallest absolute Gasteiger partial charge is 0.0597 e. The highest BCUT2D eigenvalue weighted by Gasteiger charge is 2.01. The van der Waals surface area contributed by atoms with E-state index in [-0.39, 0.29) is 0 Å². The Labute approximate surface area is 101 Å². The molecule has 1 N–H and O–H groups in total. The lowest BCUT2D eigenvalue weighted by Crippen LogP contribution is -2.21. The van der Waals surface area contributed by atoms with Crippen molar-refractivity contribution in [3.8, 4) is 0 Å². The predicted molar refractivity (Wildman–Crippen MR) is 66.6 cm³/mol. The minimum Gasteiger partial charge on any atom is -0.309 e. The molecule has 0 saturated carbocycles. The molecule has 0 aliphatic heterocycles. The Morgan fingerprint density at radius 1 is 1.35 bits per heavy atom. The van der Waals surface area contributed by atoms with Gasteiger partial charge in [-0.25, -0.2) is 0 Å². The van der Waals surface area contributed by atoms with Crippen molar-refractivity contribution < 1.29 is 0 Å². The van der Waals surface area contributed by atoms with Crippen LogP contribution in [-0.4, -0.2) is 26.1 Å². The Morgan fingerprint density at radius 2 is 2.18 bits per heavy atom. The van der Waals surface area contributed by atoms with Gasteiger partial charge in [-0.05, 0) is 25.5 Å². The summed E-state index contributed by atoms with van der Waals surface area (Å²) in [7, 11) is 1.97. The lowest BCUT2D eigenvalue weighted by molar-refractivity contribution is 0.541. The highest BCUT2D eigenvalue weighted by atomic mass is 15.3. The van der Waals surface area contributed by atoms with E-state index in [1.807, 2.05) is 29.5 Å². The van der Waals surface area contributed by atoms with Gasteiger partial charge < -0.3 is 5.32 Å². The van der Waals surface area contributed by atoms with Gasteiger partial charge in [0.15, 0.2) is 0 Å². The molecular weight excluding hydrogens is 214 g/mol. The molecule has 2 heterocycles. The van der Waals surface area contributed by atoms with Gasteiger partial charge in [-0.1, -0.05) is 0 Å². The largest absolute Gasteiger partial charge is 0.309 e. The molecule has 92 valence electrons. The normalized spacial score (nSPS) is 11.0. The summed E-state index contributed by atoms with van der Waals surface area (Å²) in [5.41, 5.74) is 3.47. The van der Waals surface area contributed by atoms with E-state index in [9.17, 15) is 0 Å². The molecular formula is C12H19N5. The highest BCUT2D eigenvalue weighted by Crippen LogP contribution is 2.00. The Balaban J connectivity index is 1.75. The average molecular weight is 233 g/mol. The quantitative estimate of drug-likeness (QED) is 0.784. The zero-order valence-electron chi connectivity index (χ0n) is 10.6. The molecule has 0 bridgehead atoms. The van der Waals surface area contributed by atoms with Gasteiger partial charge in [-0.15, -0.1) is 0 Å². The van der Waals surface area contributed by atoms with Crippen LogP contribution in [0.25, 0.3) is 0 Å². The third kappa shape index (κ3) is 3.17. The Hall–Kier alpha value is -1.62. The van der Waals surface area contributed by atoms with Crippen LogP contribution in [0.1, 0.15) is 17.0 Å². The fraction of sp³-hybridized carbons (Fsp3) is 0.500. The van der Waals surface area contributed by atoms with Crippen LogP contribution in [0.2, 0.25) is 0 Å². The van der Waals surface area contributed by atoms with Gasteiger partial charge in [-0.3, -0.25) is 9.36 Å². The van der Waals surface area contributed by atoms with Gasteiger partial charge >= 0.3 is 0 Å². The molecule has 0 saturated heterocycles. The monoisotopic (exact) mass is 233 g/mol. The summed E-state index contributed by atoms with van der Waals surface area (Å²) in [6.45, 7) is 6.71. The minimum absolute atomic E-state index is 0.845. The molecule has 0 spiro atoms. The van der Waals surface area contributed by atoms with Crippen molar-refractivity contribution in [2.75, 3.05) is 6.54 Å². The SMILES string of the molecule is Cc1cnn(CCNCc2cc(C)nn2C)c1. The molecule has 5 heteroatoms. The van der Waals surface area contributed by atoms with Crippen LogP contribution in [0, 0.1) is 13.8 Å². The summed E-state index contributed by atoms with van der Waals surface area (Å²) in [6, 6.07) is 2.10. The van der Waals surface area contributed by atoms with Gasteiger partial charge in [0.1, 0.15) is 0 Å². The predicted octanol–water partition coefficient (Wildman–Crippen LogP) is 1.02. The van der Waals surface area contributed by atoms with Crippen molar-refractivity contribution in [1.29, 1.82) is 0 Å². The molecule has 0 amide bonds. The molecule has 0 aliphatic rings. The fourth-order valence-electron chi connectivity index (χ4n) is 1.83. The maximum Gasteiger partial charge on any atom is 0.0597 e. The first kappa shape index (κ1) is 11.9. The molecule has 0 radical (unpaired) electrons. The van der Waals surface area contributed by atoms with Crippen LogP contribution in [0.4, 0.5) is 0 Å². The number of aryl methyl sites for hydroxylation is 3. The van der Waals surface area contributed by atoms with Crippen molar-refractivity contribution >= 4 is 0 Å². The van der Waals surface area contributed by atoms with Crippen LogP contribution >= 0.6 is 0 Å². The van der Waals surface area contributed by atoms with Crippen molar-refractivity contribution in [2.45, 2.75) is 26.9 Å². The van der Waals surface area contributed by atoms with E-state index >= 15 is 0 Å². The number of rotatable bonds is 5. The lowest BCUT2D eigenvalue weighted by atomic mass is 10.3. The van der Waals surface area contributed by atoms with Gasteiger partial charge in [-0.2, -0.15) is 10.2 Å². The van der Waals surface area contributed by atoms with Crippen molar-refractivity contribution in [2.24, 2.45) is 7.05 Å². The van der Waals surface area contributed by atoms with Crippen molar-refractivity contribution in [1.82, 2.24) is 24.9 Å². The third-order valence-electron chi connectivity index (χ3n) is 2.69. The molecule has 5 nitrogen and oxygen atoms in total. The van der Waals surface area contributed by atoms with Gasteiger partial charge in [0.2, 0.25) is 0 Å². The number of hydrogen-bond acceptors (Lipinski definition) is 3. The number of hydrogen-bond donors (Lipinski definition) is 1. The maximum atomic E-state index is 4.31. The fourth-order valence-corrected chi connectivity index (χ4v) is 1.83. The Kier molecular flexibility index (Phi) is 3.58. The Bertz CT molecular complexity index is 483. The molecule has 0 unspecified atom stereocenters. The number of nitrogens with zero attached hydrogens (tertiary/aromatic N) is 4. The summed E-state index contributed by atoms with van der Waals surface area (Å²) in [4.78, 5) is 0. The van der Waals surface area contributed by atoms with Gasteiger partial charge in [0, 0.05) is 26.3 Å². The second kappa shape index (κ2) is 5.14. The molecule has 0 fully saturated rings. The number of nitrogens with one attached hydrogen (secondary N) is 1. The second-order valence-corrected chi connectivity index (χ2v) is 4.36. The summed E-state index contributed by atoms with van der Waals surface area (Å²) in [6.07, 6.45) is 3.93. The highest BCUT2D eigenvalue weighted by molar-refractivity contribution is 5.08. The zero-order chi connectivity index (χ0) is 12.3. The molecule has 17 heavy (non-hydrogen) atoms. The van der Waals surface area contributed by atoms with Crippen molar-refractivity contribution in [3.05, 3.63) is 35.4 Å². The topological polar surface area (TPSA) is 47.7 Å². The first-order valence-corrected chi connectivity index (χ1v) is 5.84. The van der Waals surface area contributed by atoms with Crippen LogP contribution in [0.5, 0.6) is 0 Å². The van der Waals surface area contributed by atoms with Gasteiger partial charge in [0.05, 0.1) is 24.1 Å². The molecule has 0 aliphatic carbocycles. The van der Waals surface area contributed by atoms with Crippen molar-refractivity contribution in [3.63, 3.8) is 0 Å². The summed E-state index contributed by atoms with van der Waals surface area (Å²) < 4.78 is 3.87. The van der Waals surface area contributed by atoms with E-state index in [0.717, 1.165) is 25.3 Å². The summed E-state index contributed by atoms with van der Waals surface area (Å²) in [5, 5.41) is 11.9. The van der Waals surface area contributed by atoms with Gasteiger partial charge in [0.25, 0.3) is 0 Å². The molecule has 2 rings (SSSR count). The van der Waals surface area contributed by atoms with E-state index in [1.165, 1.54) is 11.3 Å². The first-order valence-electron chi connectivity index (χ1n) is 5.84. The Morgan fingerprint density at radius 3 is 2.76 bits per heavy atom. The maximum absolute atomic E-state index is 4.31. The summed E-state index contributed by atoms with van der Waals surface area (Å²) in [5.74, 6) is 0. The first-order chi connectivity index (χ1) is 8.15. The van der Waals surface area contributed by atoms with E-state index < -0.39 is 0 Å². The van der Waals surface area contributed by atoms with E-state index in [0.29, 0.717) is 0 Å². The minimum atomic E-state index is 0.845. The zero-order valence-corrected chi connectivity index (χ0v) is 10.6. The van der Waals surface area contributed by atoms with Crippen LogP contribution in [0.3, 0.4) is 0 Å². The van der Waals surface area contributed by atoms with E-state index in [2.05, 4.69) is 34.7 Å². The molecule has 0 aromatic carbocycles. The standard InChI is InChI=1S/C12H19N5/c1-10-7-14-17(9-10)5-4-13-8-12-6-11(2)15-16(12)3/h6-7,9,13H,4-5,8H2,1-3H3. The third-order valence-corrected chi connectivity index (χ3v) is 2.69. The summed E-state index contributed by atoms with van der Waals surface area (Å²) >= 11 is 0. The van der Waals surface area contributed by atoms with Crippen LogP contribution in [0.15, 0.2) is 18.5 Å². The van der Waals surface area contributed by atoms with E-state index in [1.54, 1.807) is 0 Å². The molecule has 0 atom stereocenters. The lowest BCUT2D eigenvalue weighted by Gasteiger charge is -2.05. The van der Waals surface area contributed by atoms with E-state index in [4.69, 9.17) is 0 Å². The molecule has 2 aromatic heterocycles. The van der Waals surface area contributed by atoms with Crippen LogP contribution < -0.4 is 5.32 Å². The second-order valence-electron chi connectivity index (χ2n) is 4.36. The number of aromatic nitrogens is 4. The molecule has 2 aromatic rings. The van der Waals surface area contributed by atoms with Crippen LogP contribution in [-0.2, 0) is 20.1 Å². The average Bonchev–Trinajstić information content (AvgIpc) is 2.81.